The number of pyridine rings is 1. The van der Waals surface area contributed by atoms with E-state index in [4.69, 9.17) is 26.4 Å². The van der Waals surface area contributed by atoms with E-state index in [1.807, 2.05) is 0 Å². The lowest BCUT2D eigenvalue weighted by Crippen LogP contribution is -2.71. The molecule has 0 spiro atoms. The van der Waals surface area contributed by atoms with Gasteiger partial charge in [-0.3, -0.25) is 29.2 Å². The summed E-state index contributed by atoms with van der Waals surface area (Å²) in [7, 11) is 4.24. The Morgan fingerprint density at radius 1 is 1.07 bits per heavy atom. The Hall–Kier alpha value is -5.35. The molecule has 0 aromatic carbocycles. The molecular formula is C35H46BN11O10PS2+. The van der Waals surface area contributed by atoms with E-state index in [0.717, 1.165) is 11.5 Å². The summed E-state index contributed by atoms with van der Waals surface area (Å²) < 4.78 is 23.5. The molecule has 320 valence electrons. The molecule has 5 amide bonds. The third-order valence-electron chi connectivity index (χ3n) is 7.94. The number of hydrogen-bond donors (Lipinski definition) is 4. The van der Waals surface area contributed by atoms with Gasteiger partial charge in [0.05, 0.1) is 6.20 Å². The fraction of sp³-hybridized carbons (Fsp3) is 0.514. The number of rotatable bonds is 15. The Morgan fingerprint density at radius 3 is 2.45 bits per heavy atom. The molecule has 2 radical (unpaired) electrons. The predicted octanol–water partition coefficient (Wildman–Crippen LogP) is 1.91. The van der Waals surface area contributed by atoms with Crippen molar-refractivity contribution in [3.05, 3.63) is 41.8 Å². The van der Waals surface area contributed by atoms with Crippen molar-refractivity contribution in [1.82, 2.24) is 39.8 Å². The lowest BCUT2D eigenvalue weighted by atomic mass is 10.0. The van der Waals surface area contributed by atoms with Crippen LogP contribution in [0, 0.1) is 0 Å². The maximum Gasteiger partial charge on any atom is 0.414 e. The van der Waals surface area contributed by atoms with Crippen LogP contribution in [-0.4, -0.2) is 128 Å². The number of oxime groups is 1. The Bertz CT molecular complexity index is 2200. The second-order valence-electron chi connectivity index (χ2n) is 15.1. The molecule has 0 aliphatic carbocycles. The lowest BCUT2D eigenvalue weighted by molar-refractivity contribution is -0.664. The van der Waals surface area contributed by atoms with Gasteiger partial charge < -0.3 is 34.8 Å². The number of nitrogens with zero attached hydrogens (tertiary/aromatic N) is 7. The zero-order chi connectivity index (χ0) is 43.9. The van der Waals surface area contributed by atoms with Crippen molar-refractivity contribution in [1.29, 1.82) is 0 Å². The van der Waals surface area contributed by atoms with Gasteiger partial charge in [-0.05, 0) is 72.2 Å². The average molecular weight is 887 g/mol. The normalized spacial score (nSPS) is 17.2. The number of amides is 5. The standard InChI is InChI=1S/C35H45BN11O10PS2/c1-9-54-43-22(25-41-31(60-44-25)42-33(53)56-35(5,6)7)27(49)40-23-28(50)47-24(30(51)57-58(8)36)19(17-59-29(23)47)15-45-14-10-11-20-26(45)39-18-46(20)16-21(48)37-12-13-38-32(52)55-34(2,3)4/h10-11,14,18,23,29H,9,12-13,15-17H2,1-8H3,(H3-,37,38,40,41,42,44,48,49,52,53)/p+1/b43-22+. The molecule has 0 saturated carbocycles. The van der Waals surface area contributed by atoms with Crippen molar-refractivity contribution >= 4 is 96.8 Å². The van der Waals surface area contributed by atoms with E-state index in [1.54, 1.807) is 82.6 Å². The molecule has 2 aliphatic rings. The van der Waals surface area contributed by atoms with Crippen molar-refractivity contribution in [2.24, 2.45) is 5.16 Å². The number of fused-ring (bicyclic) bond motifs is 2. The first kappa shape index (κ1) is 45.7. The first-order valence-corrected chi connectivity index (χ1v) is 22.1. The van der Waals surface area contributed by atoms with Crippen LogP contribution in [0.1, 0.15) is 54.3 Å². The first-order valence-electron chi connectivity index (χ1n) is 18.5. The van der Waals surface area contributed by atoms with Gasteiger partial charge in [-0.15, -0.1) is 11.8 Å². The highest BCUT2D eigenvalue weighted by Gasteiger charge is 2.55. The maximum absolute atomic E-state index is 13.8. The number of thioether (sulfide) groups is 1. The molecule has 1 saturated heterocycles. The van der Waals surface area contributed by atoms with Crippen LogP contribution in [0.5, 0.6) is 0 Å². The number of carbonyl (C=O) groups is 6. The molecule has 3 atom stereocenters. The number of carbonyl (C=O) groups excluding carboxylic acids is 6. The van der Waals surface area contributed by atoms with Gasteiger partial charge in [-0.25, -0.2) is 19.0 Å². The number of alkyl carbamates (subject to hydrolysis) is 1. The van der Waals surface area contributed by atoms with Gasteiger partial charge in [-0.2, -0.15) is 9.36 Å². The third-order valence-corrected chi connectivity index (χ3v) is 10.4. The number of hydrogen-bond acceptors (Lipinski definition) is 16. The van der Waals surface area contributed by atoms with Gasteiger partial charge in [0.25, 0.3) is 11.8 Å². The van der Waals surface area contributed by atoms with Crippen LogP contribution >= 0.6 is 31.3 Å². The number of nitrogens with one attached hydrogen (secondary N) is 4. The Balaban J connectivity index is 1.29. The number of ether oxygens (including phenoxy) is 2. The van der Waals surface area contributed by atoms with Crippen molar-refractivity contribution in [2.75, 3.05) is 37.4 Å². The van der Waals surface area contributed by atoms with E-state index in [9.17, 15) is 28.8 Å². The molecule has 2 aliphatic heterocycles. The van der Waals surface area contributed by atoms with E-state index >= 15 is 0 Å². The fourth-order valence-corrected chi connectivity index (χ4v) is 7.92. The molecule has 5 rings (SSSR count). The van der Waals surface area contributed by atoms with Gasteiger partial charge in [0.2, 0.25) is 28.9 Å². The first-order chi connectivity index (χ1) is 28.2. The van der Waals surface area contributed by atoms with Gasteiger partial charge in [0.1, 0.15) is 53.5 Å². The molecule has 60 heavy (non-hydrogen) atoms. The predicted molar refractivity (Wildman–Crippen MR) is 222 cm³/mol. The number of anilines is 1. The van der Waals surface area contributed by atoms with Crippen LogP contribution in [-0.2, 0) is 51.1 Å². The van der Waals surface area contributed by atoms with E-state index < -0.39 is 60.6 Å². The highest BCUT2D eigenvalue weighted by molar-refractivity contribution is 8.00. The highest BCUT2D eigenvalue weighted by atomic mass is 32.2. The summed E-state index contributed by atoms with van der Waals surface area (Å²) in [4.78, 5) is 93.1. The summed E-state index contributed by atoms with van der Waals surface area (Å²) in [5, 5.41) is 13.7. The van der Waals surface area contributed by atoms with Crippen LogP contribution in [0.2, 0.25) is 0 Å². The van der Waals surface area contributed by atoms with Crippen molar-refractivity contribution < 1.29 is 52.2 Å². The summed E-state index contributed by atoms with van der Waals surface area (Å²) in [6.45, 7) is 14.1. The SMILES string of the molecule is [B]P(C)OC(=O)C1=C(C[n+]2cccc3c2ncn3CC(=O)NCCNC(=O)OC(C)(C)C)CSC2C(NC(=O)/C(=N/OCC)c3nsc(NC(=O)OC(C)(C)C)n3)C(=O)N12. The molecule has 5 heterocycles. The molecule has 21 nitrogen and oxygen atoms in total. The van der Waals surface area contributed by atoms with Crippen molar-refractivity contribution in [2.45, 2.75) is 84.2 Å². The van der Waals surface area contributed by atoms with Crippen LogP contribution in [0.15, 0.2) is 41.1 Å². The third kappa shape index (κ3) is 11.9. The Labute approximate surface area is 356 Å². The molecular weight excluding hydrogens is 840 g/mol. The molecule has 1 fully saturated rings. The summed E-state index contributed by atoms with van der Waals surface area (Å²) in [5.41, 5.74) is -0.0882. The fourth-order valence-electron chi connectivity index (χ4n) is 5.68. The minimum Gasteiger partial charge on any atom is -0.452 e. The van der Waals surface area contributed by atoms with Gasteiger partial charge >= 0.3 is 23.8 Å². The van der Waals surface area contributed by atoms with E-state index in [-0.39, 0.29) is 66.8 Å². The van der Waals surface area contributed by atoms with Crippen LogP contribution < -0.4 is 25.8 Å². The summed E-state index contributed by atoms with van der Waals surface area (Å²) in [5.74, 6) is -2.43. The number of β-lactam (4-membered cyclic amide) rings is 1. The van der Waals surface area contributed by atoms with Crippen LogP contribution in [0.3, 0.4) is 0 Å². The smallest absolute Gasteiger partial charge is 0.414 e. The minimum atomic E-state index is -1.65. The second-order valence-corrected chi connectivity index (χ2v) is 18.3. The summed E-state index contributed by atoms with van der Waals surface area (Å²) in [6.07, 6.45) is 1.92. The lowest BCUT2D eigenvalue weighted by Gasteiger charge is -2.49. The molecule has 0 bridgehead atoms. The highest BCUT2D eigenvalue weighted by Crippen LogP contribution is 2.42. The van der Waals surface area contributed by atoms with Gasteiger partial charge in [-0.1, -0.05) is 5.16 Å². The number of imidazole rings is 1. The van der Waals surface area contributed by atoms with Crippen LogP contribution in [0.4, 0.5) is 14.7 Å². The zero-order valence-corrected chi connectivity index (χ0v) is 36.8. The van der Waals surface area contributed by atoms with E-state index in [1.165, 1.54) is 23.0 Å². The van der Waals surface area contributed by atoms with Gasteiger partial charge in [0, 0.05) is 44.0 Å². The van der Waals surface area contributed by atoms with E-state index in [2.05, 4.69) is 40.8 Å². The summed E-state index contributed by atoms with van der Waals surface area (Å²) in [6, 6.07) is 2.48. The molecule has 3 unspecified atom stereocenters. The molecule has 3 aromatic heterocycles. The molecule has 3 aromatic rings. The zero-order valence-electron chi connectivity index (χ0n) is 34.3. The maximum atomic E-state index is 13.8. The summed E-state index contributed by atoms with van der Waals surface area (Å²) >= 11 is 2.10. The Kier molecular flexibility index (Phi) is 14.8. The average Bonchev–Trinajstić information content (AvgIpc) is 3.77. The minimum absolute atomic E-state index is 0.000382. The van der Waals surface area contributed by atoms with Crippen LogP contribution in [0.25, 0.3) is 11.2 Å². The van der Waals surface area contributed by atoms with Gasteiger partial charge in [0.15, 0.2) is 7.57 Å². The van der Waals surface area contributed by atoms with Crippen molar-refractivity contribution in [3.63, 3.8) is 0 Å². The Morgan fingerprint density at radius 2 is 1.77 bits per heavy atom. The molecule has 4 N–H and O–H groups in total. The molecule has 25 heteroatoms. The monoisotopic (exact) mass is 886 g/mol. The quantitative estimate of drug-likeness (QED) is 0.0324. The second kappa shape index (κ2) is 19.4. The van der Waals surface area contributed by atoms with Crippen molar-refractivity contribution in [3.8, 4) is 0 Å². The van der Waals surface area contributed by atoms with E-state index in [0.29, 0.717) is 16.7 Å². The number of aromatic nitrogens is 5. The largest absolute Gasteiger partial charge is 0.452 e. The topological polar surface area (TPSA) is 251 Å².